The maximum absolute atomic E-state index is 12.2. The summed E-state index contributed by atoms with van der Waals surface area (Å²) in [5.41, 5.74) is 2.48. The van der Waals surface area contributed by atoms with Gasteiger partial charge in [0.05, 0.1) is 15.6 Å². The second-order valence-corrected chi connectivity index (χ2v) is 8.32. The number of carbonyl (C=O) groups excluding carboxylic acids is 1. The lowest BCUT2D eigenvalue weighted by molar-refractivity contribution is 0.0959. The largest absolute Gasteiger partial charge is 0.283 e. The lowest BCUT2D eigenvalue weighted by Gasteiger charge is -1.96. The molecular formula is C14H7BrCl2N2OS2. The van der Waals surface area contributed by atoms with Gasteiger partial charge in [0.25, 0.3) is 5.91 Å². The molecule has 0 aliphatic carbocycles. The van der Waals surface area contributed by atoms with E-state index < -0.39 is 0 Å². The Hall–Kier alpha value is -0.920. The van der Waals surface area contributed by atoms with Gasteiger partial charge in [-0.25, -0.2) is 5.43 Å². The van der Waals surface area contributed by atoms with Gasteiger partial charge in [-0.2, -0.15) is 5.10 Å². The number of nitrogens with zero attached hydrogens (tertiary/aromatic N) is 1. The van der Waals surface area contributed by atoms with Crippen LogP contribution in [0.4, 0.5) is 0 Å². The summed E-state index contributed by atoms with van der Waals surface area (Å²) in [6, 6.07) is 9.30. The Morgan fingerprint density at radius 3 is 2.77 bits per heavy atom. The van der Waals surface area contributed by atoms with Gasteiger partial charge in [0, 0.05) is 19.4 Å². The molecule has 1 N–H and O–H groups in total. The summed E-state index contributed by atoms with van der Waals surface area (Å²) in [6.45, 7) is 0. The summed E-state index contributed by atoms with van der Waals surface area (Å²) in [6.07, 6.45) is 1.55. The standard InChI is InChI=1S/C14H7BrCl2N2OS2/c15-7-1-3-9-10(5-7)22-13(12(9)17)14(20)19-18-6-8-2-4-11(16)21-8/h1-6H,(H,19,20)/b18-6+. The summed E-state index contributed by atoms with van der Waals surface area (Å²) >= 11 is 18.2. The molecule has 8 heteroatoms. The molecule has 112 valence electrons. The van der Waals surface area contributed by atoms with Gasteiger partial charge < -0.3 is 0 Å². The lowest BCUT2D eigenvalue weighted by atomic mass is 10.2. The zero-order chi connectivity index (χ0) is 15.7. The molecule has 0 aliphatic heterocycles. The first kappa shape index (κ1) is 16.0. The quantitative estimate of drug-likeness (QED) is 0.411. The molecule has 0 atom stereocenters. The minimum absolute atomic E-state index is 0.332. The highest BCUT2D eigenvalue weighted by Crippen LogP contribution is 2.36. The number of thiophene rings is 2. The Kier molecular flexibility index (Phi) is 4.84. The van der Waals surface area contributed by atoms with Gasteiger partial charge in [-0.05, 0) is 24.3 Å². The van der Waals surface area contributed by atoms with Crippen molar-refractivity contribution in [3.05, 3.63) is 53.9 Å². The normalized spacial score (nSPS) is 11.4. The Labute approximate surface area is 152 Å². The topological polar surface area (TPSA) is 41.5 Å². The molecule has 0 radical (unpaired) electrons. The molecule has 0 saturated carbocycles. The van der Waals surface area contributed by atoms with Crippen LogP contribution in [-0.4, -0.2) is 12.1 Å². The molecule has 1 aromatic carbocycles. The van der Waals surface area contributed by atoms with Crippen molar-refractivity contribution in [3.63, 3.8) is 0 Å². The fourth-order valence-corrected chi connectivity index (χ4v) is 4.68. The number of amides is 1. The molecule has 0 unspecified atom stereocenters. The second-order valence-electron chi connectivity index (χ2n) is 4.23. The minimum atomic E-state index is -0.332. The molecule has 3 aromatic rings. The van der Waals surface area contributed by atoms with Crippen molar-refractivity contribution in [3.8, 4) is 0 Å². The Balaban J connectivity index is 1.80. The fraction of sp³-hybridized carbons (Fsp3) is 0. The highest BCUT2D eigenvalue weighted by Gasteiger charge is 2.16. The van der Waals surface area contributed by atoms with Crippen molar-refractivity contribution < 1.29 is 4.79 Å². The lowest BCUT2D eigenvalue weighted by Crippen LogP contribution is -2.16. The number of hydrogen-bond acceptors (Lipinski definition) is 4. The van der Waals surface area contributed by atoms with E-state index in [1.54, 1.807) is 12.3 Å². The van der Waals surface area contributed by atoms with Gasteiger partial charge in [-0.1, -0.05) is 45.2 Å². The SMILES string of the molecule is O=C(N/N=C/c1ccc(Cl)s1)c1sc2cc(Br)ccc2c1Cl. The van der Waals surface area contributed by atoms with E-state index in [-0.39, 0.29) is 5.91 Å². The Bertz CT molecular complexity index is 888. The zero-order valence-electron chi connectivity index (χ0n) is 10.8. The number of carbonyl (C=O) groups is 1. The molecule has 0 spiro atoms. The monoisotopic (exact) mass is 432 g/mol. The van der Waals surface area contributed by atoms with Gasteiger partial charge in [-0.15, -0.1) is 22.7 Å². The van der Waals surface area contributed by atoms with Crippen LogP contribution in [0.1, 0.15) is 14.5 Å². The molecule has 3 rings (SSSR count). The van der Waals surface area contributed by atoms with E-state index in [1.807, 2.05) is 24.3 Å². The number of hydrogen-bond donors (Lipinski definition) is 1. The summed E-state index contributed by atoms with van der Waals surface area (Å²) in [5, 5.41) is 5.23. The van der Waals surface area contributed by atoms with Crippen LogP contribution in [-0.2, 0) is 0 Å². The van der Waals surface area contributed by atoms with E-state index >= 15 is 0 Å². The predicted octanol–water partition coefficient (Wildman–Crippen LogP) is 5.80. The Morgan fingerprint density at radius 2 is 2.05 bits per heavy atom. The third kappa shape index (κ3) is 3.36. The zero-order valence-corrected chi connectivity index (χ0v) is 15.5. The highest BCUT2D eigenvalue weighted by atomic mass is 79.9. The van der Waals surface area contributed by atoms with Crippen molar-refractivity contribution in [1.29, 1.82) is 0 Å². The van der Waals surface area contributed by atoms with Crippen LogP contribution in [0.25, 0.3) is 10.1 Å². The van der Waals surface area contributed by atoms with Crippen LogP contribution in [0.5, 0.6) is 0 Å². The number of fused-ring (bicyclic) bond motifs is 1. The van der Waals surface area contributed by atoms with E-state index in [0.717, 1.165) is 19.4 Å². The summed E-state index contributed by atoms with van der Waals surface area (Å²) < 4.78 is 2.56. The number of benzene rings is 1. The molecule has 0 bridgehead atoms. The average Bonchev–Trinajstić information content (AvgIpc) is 3.03. The summed E-state index contributed by atoms with van der Waals surface area (Å²) in [5.74, 6) is -0.332. The summed E-state index contributed by atoms with van der Waals surface area (Å²) in [4.78, 5) is 13.5. The molecule has 0 fully saturated rings. The van der Waals surface area contributed by atoms with Gasteiger partial charge in [-0.3, -0.25) is 4.79 Å². The van der Waals surface area contributed by atoms with Gasteiger partial charge in [0.2, 0.25) is 0 Å². The molecule has 22 heavy (non-hydrogen) atoms. The van der Waals surface area contributed by atoms with E-state index in [4.69, 9.17) is 23.2 Å². The smallest absolute Gasteiger partial charge is 0.266 e. The van der Waals surface area contributed by atoms with Crippen molar-refractivity contribution in [2.45, 2.75) is 0 Å². The van der Waals surface area contributed by atoms with Gasteiger partial charge in [0.1, 0.15) is 4.88 Å². The van der Waals surface area contributed by atoms with E-state index in [0.29, 0.717) is 14.2 Å². The average molecular weight is 434 g/mol. The van der Waals surface area contributed by atoms with Crippen molar-refractivity contribution in [2.24, 2.45) is 5.10 Å². The van der Waals surface area contributed by atoms with E-state index in [1.165, 1.54) is 22.7 Å². The second kappa shape index (κ2) is 6.68. The highest BCUT2D eigenvalue weighted by molar-refractivity contribution is 9.10. The Morgan fingerprint density at radius 1 is 1.23 bits per heavy atom. The van der Waals surface area contributed by atoms with Crippen LogP contribution in [0.3, 0.4) is 0 Å². The van der Waals surface area contributed by atoms with Crippen molar-refractivity contribution >= 4 is 84.0 Å². The third-order valence-corrected chi connectivity index (χ3v) is 6.06. The first-order valence-corrected chi connectivity index (χ1v) is 9.19. The third-order valence-electron chi connectivity index (χ3n) is 2.75. The molecule has 0 aliphatic rings. The maximum atomic E-state index is 12.2. The minimum Gasteiger partial charge on any atom is -0.266 e. The number of rotatable bonds is 3. The number of halogens is 3. The van der Waals surface area contributed by atoms with Gasteiger partial charge >= 0.3 is 0 Å². The summed E-state index contributed by atoms with van der Waals surface area (Å²) in [7, 11) is 0. The van der Waals surface area contributed by atoms with Crippen LogP contribution in [0.15, 0.2) is 39.9 Å². The molecule has 3 nitrogen and oxygen atoms in total. The van der Waals surface area contributed by atoms with E-state index in [2.05, 4.69) is 26.5 Å². The van der Waals surface area contributed by atoms with Crippen LogP contribution >= 0.6 is 61.8 Å². The molecule has 0 saturated heterocycles. The molecular weight excluding hydrogens is 427 g/mol. The maximum Gasteiger partial charge on any atom is 0.283 e. The molecule has 1 amide bonds. The first-order valence-electron chi connectivity index (χ1n) is 6.01. The molecule has 2 aromatic heterocycles. The fourth-order valence-electron chi connectivity index (χ4n) is 1.79. The van der Waals surface area contributed by atoms with Crippen LogP contribution in [0, 0.1) is 0 Å². The van der Waals surface area contributed by atoms with Gasteiger partial charge in [0.15, 0.2) is 0 Å². The van der Waals surface area contributed by atoms with Crippen LogP contribution < -0.4 is 5.43 Å². The first-order chi connectivity index (χ1) is 10.5. The predicted molar refractivity (Wildman–Crippen MR) is 98.9 cm³/mol. The van der Waals surface area contributed by atoms with Crippen LogP contribution in [0.2, 0.25) is 9.36 Å². The van der Waals surface area contributed by atoms with E-state index in [9.17, 15) is 4.79 Å². The van der Waals surface area contributed by atoms with Crippen molar-refractivity contribution in [1.82, 2.24) is 5.43 Å². The van der Waals surface area contributed by atoms with Crippen molar-refractivity contribution in [2.75, 3.05) is 0 Å². The number of hydrazone groups is 1. The number of nitrogens with one attached hydrogen (secondary N) is 1. The molecule has 2 heterocycles.